The van der Waals surface area contributed by atoms with Crippen molar-refractivity contribution in [2.45, 2.75) is 52.9 Å². The van der Waals surface area contributed by atoms with E-state index in [1.54, 1.807) is 0 Å². The Balaban J connectivity index is 2.25. The van der Waals surface area contributed by atoms with Crippen LogP contribution in [0, 0.1) is 5.92 Å². The van der Waals surface area contributed by atoms with Crippen molar-refractivity contribution in [1.29, 1.82) is 0 Å². The first-order valence-corrected chi connectivity index (χ1v) is 5.99. The smallest absolute Gasteiger partial charge is 0.0393 e. The molecule has 1 unspecified atom stereocenters. The molecule has 2 heterocycles. The van der Waals surface area contributed by atoms with E-state index in [0.717, 1.165) is 19.0 Å². The monoisotopic (exact) mass is 206 g/mol. The Bertz CT molecular complexity index is 295. The largest absolute Gasteiger partial charge is 0.349 e. The van der Waals surface area contributed by atoms with Crippen LogP contribution < -0.4 is 0 Å². The second-order valence-electron chi connectivity index (χ2n) is 5.23. The van der Waals surface area contributed by atoms with Gasteiger partial charge in [0.25, 0.3) is 0 Å². The first-order chi connectivity index (χ1) is 7.09. The quantitative estimate of drug-likeness (QED) is 0.722. The molecule has 2 rings (SSSR count). The molecule has 0 fully saturated rings. The molecular weight excluding hydrogens is 184 g/mol. The maximum absolute atomic E-state index is 2.62. The Morgan fingerprint density at radius 3 is 2.60 bits per heavy atom. The summed E-state index contributed by atoms with van der Waals surface area (Å²) < 4.78 is 2.41. The van der Waals surface area contributed by atoms with Crippen LogP contribution in [0.5, 0.6) is 0 Å². The third-order valence-electron chi connectivity index (χ3n) is 3.51. The highest BCUT2D eigenvalue weighted by molar-refractivity contribution is 5.10. The van der Waals surface area contributed by atoms with Crippen LogP contribution in [0.2, 0.25) is 0 Å². The van der Waals surface area contributed by atoms with E-state index >= 15 is 0 Å². The predicted molar refractivity (Wildman–Crippen MR) is 63.7 cm³/mol. The molecule has 0 N–H and O–H groups in total. The molecule has 0 saturated heterocycles. The van der Waals surface area contributed by atoms with E-state index in [-0.39, 0.29) is 0 Å². The molecule has 1 atom stereocenters. The number of fused-ring (bicyclic) bond motifs is 1. The molecule has 1 aromatic heterocycles. The summed E-state index contributed by atoms with van der Waals surface area (Å²) in [7, 11) is 0. The highest BCUT2D eigenvalue weighted by Gasteiger charge is 2.29. The molecule has 1 aliphatic heterocycles. The molecule has 15 heavy (non-hydrogen) atoms. The summed E-state index contributed by atoms with van der Waals surface area (Å²) in [4.78, 5) is 2.62. The predicted octanol–water partition coefficient (Wildman–Crippen LogP) is 2.74. The molecule has 0 aliphatic carbocycles. The highest BCUT2D eigenvalue weighted by Crippen LogP contribution is 2.24. The Labute approximate surface area is 92.9 Å². The van der Waals surface area contributed by atoms with Gasteiger partial charge in [0.15, 0.2) is 0 Å². The summed E-state index contributed by atoms with van der Waals surface area (Å²) >= 11 is 0. The summed E-state index contributed by atoms with van der Waals surface area (Å²) in [6.45, 7) is 11.5. The van der Waals surface area contributed by atoms with Gasteiger partial charge >= 0.3 is 0 Å². The van der Waals surface area contributed by atoms with Crippen molar-refractivity contribution in [1.82, 2.24) is 9.47 Å². The minimum atomic E-state index is 0.640. The van der Waals surface area contributed by atoms with Crippen molar-refractivity contribution in [2.24, 2.45) is 5.92 Å². The van der Waals surface area contributed by atoms with Crippen molar-refractivity contribution in [2.75, 3.05) is 0 Å². The summed E-state index contributed by atoms with van der Waals surface area (Å²) in [5.41, 5.74) is 1.46. The van der Waals surface area contributed by atoms with Gasteiger partial charge < -0.3 is 4.57 Å². The fourth-order valence-corrected chi connectivity index (χ4v) is 2.54. The van der Waals surface area contributed by atoms with Gasteiger partial charge in [0.2, 0.25) is 0 Å². The van der Waals surface area contributed by atoms with Crippen LogP contribution >= 0.6 is 0 Å². The molecule has 0 amide bonds. The molecule has 2 heteroatoms. The van der Waals surface area contributed by atoms with Gasteiger partial charge in [0, 0.05) is 37.1 Å². The fraction of sp³-hybridized carbons (Fsp3) is 0.692. The normalized spacial score (nSPS) is 22.4. The van der Waals surface area contributed by atoms with Gasteiger partial charge in [-0.05, 0) is 31.9 Å². The molecule has 0 bridgehead atoms. The van der Waals surface area contributed by atoms with Gasteiger partial charge in [-0.1, -0.05) is 13.8 Å². The van der Waals surface area contributed by atoms with Gasteiger partial charge in [-0.25, -0.2) is 0 Å². The van der Waals surface area contributed by atoms with Gasteiger partial charge in [0.1, 0.15) is 0 Å². The van der Waals surface area contributed by atoms with E-state index in [9.17, 15) is 0 Å². The Morgan fingerprint density at radius 2 is 2.00 bits per heavy atom. The SMILES string of the molecule is CC(C)C1Cn2cccc2CN1C(C)C. The number of nitrogens with zero attached hydrogens (tertiary/aromatic N) is 2. The lowest BCUT2D eigenvalue weighted by atomic mass is 9.98. The number of aromatic nitrogens is 1. The minimum Gasteiger partial charge on any atom is -0.349 e. The summed E-state index contributed by atoms with van der Waals surface area (Å²) in [6, 6.07) is 5.73. The summed E-state index contributed by atoms with van der Waals surface area (Å²) in [5, 5.41) is 0. The number of rotatable bonds is 2. The Kier molecular flexibility index (Phi) is 2.87. The molecule has 0 saturated carbocycles. The van der Waals surface area contributed by atoms with E-state index in [0.29, 0.717) is 12.1 Å². The van der Waals surface area contributed by atoms with Crippen LogP contribution in [0.3, 0.4) is 0 Å². The summed E-state index contributed by atoms with van der Waals surface area (Å²) in [5.74, 6) is 0.725. The van der Waals surface area contributed by atoms with Crippen LogP contribution in [-0.4, -0.2) is 21.6 Å². The van der Waals surface area contributed by atoms with E-state index < -0.39 is 0 Å². The van der Waals surface area contributed by atoms with Crippen LogP contribution in [0.1, 0.15) is 33.4 Å². The Morgan fingerprint density at radius 1 is 1.27 bits per heavy atom. The average molecular weight is 206 g/mol. The van der Waals surface area contributed by atoms with Crippen molar-refractivity contribution in [3.8, 4) is 0 Å². The topological polar surface area (TPSA) is 8.17 Å². The van der Waals surface area contributed by atoms with Gasteiger partial charge in [-0.3, -0.25) is 4.90 Å². The second kappa shape index (κ2) is 4.01. The lowest BCUT2D eigenvalue weighted by molar-refractivity contribution is 0.0724. The lowest BCUT2D eigenvalue weighted by Gasteiger charge is -2.41. The molecule has 0 aromatic carbocycles. The van der Waals surface area contributed by atoms with Crippen molar-refractivity contribution in [3.05, 3.63) is 24.0 Å². The van der Waals surface area contributed by atoms with E-state index in [1.807, 2.05) is 0 Å². The average Bonchev–Trinajstić information content (AvgIpc) is 2.61. The highest BCUT2D eigenvalue weighted by atomic mass is 15.2. The van der Waals surface area contributed by atoms with Gasteiger partial charge in [-0.15, -0.1) is 0 Å². The Hall–Kier alpha value is -0.760. The summed E-state index contributed by atoms with van der Waals surface area (Å²) in [6.07, 6.45) is 2.21. The molecule has 1 aliphatic rings. The van der Waals surface area contributed by atoms with Crippen molar-refractivity contribution < 1.29 is 0 Å². The lowest BCUT2D eigenvalue weighted by Crippen LogP contribution is -2.48. The van der Waals surface area contributed by atoms with Gasteiger partial charge in [0.05, 0.1) is 0 Å². The number of hydrogen-bond acceptors (Lipinski definition) is 1. The number of hydrogen-bond donors (Lipinski definition) is 0. The molecule has 0 spiro atoms. The van der Waals surface area contributed by atoms with Crippen LogP contribution in [-0.2, 0) is 13.1 Å². The van der Waals surface area contributed by atoms with Crippen LogP contribution in [0.15, 0.2) is 18.3 Å². The first kappa shape index (κ1) is 10.7. The van der Waals surface area contributed by atoms with E-state index in [1.165, 1.54) is 5.69 Å². The second-order valence-corrected chi connectivity index (χ2v) is 5.23. The minimum absolute atomic E-state index is 0.640. The molecule has 0 radical (unpaired) electrons. The first-order valence-electron chi connectivity index (χ1n) is 5.99. The zero-order valence-electron chi connectivity index (χ0n) is 10.3. The zero-order valence-corrected chi connectivity index (χ0v) is 10.3. The van der Waals surface area contributed by atoms with Crippen molar-refractivity contribution >= 4 is 0 Å². The van der Waals surface area contributed by atoms with E-state index in [4.69, 9.17) is 0 Å². The van der Waals surface area contributed by atoms with Crippen molar-refractivity contribution in [3.63, 3.8) is 0 Å². The standard InChI is InChI=1S/C13H22N2/c1-10(2)13-9-14-7-5-6-12(14)8-15(13)11(3)4/h5-7,10-11,13H,8-9H2,1-4H3. The zero-order chi connectivity index (χ0) is 11.0. The molecule has 2 nitrogen and oxygen atoms in total. The third-order valence-corrected chi connectivity index (χ3v) is 3.51. The van der Waals surface area contributed by atoms with Gasteiger partial charge in [-0.2, -0.15) is 0 Å². The fourth-order valence-electron chi connectivity index (χ4n) is 2.54. The molecular formula is C13H22N2. The third kappa shape index (κ3) is 1.96. The molecule has 1 aromatic rings. The molecule has 84 valence electrons. The maximum Gasteiger partial charge on any atom is 0.0393 e. The maximum atomic E-state index is 2.62. The van der Waals surface area contributed by atoms with Crippen LogP contribution in [0.4, 0.5) is 0 Å². The van der Waals surface area contributed by atoms with Crippen LogP contribution in [0.25, 0.3) is 0 Å². The van der Waals surface area contributed by atoms with E-state index in [2.05, 4.69) is 55.5 Å².